The molecule has 1 fully saturated rings. The lowest BCUT2D eigenvalue weighted by molar-refractivity contribution is 0.0721. The van der Waals surface area contributed by atoms with Crippen LogP contribution in [0.1, 0.15) is 29.6 Å². The number of carbonyl (C=O) groups is 1. The third-order valence-electron chi connectivity index (χ3n) is 5.60. The van der Waals surface area contributed by atoms with E-state index in [-0.39, 0.29) is 23.8 Å². The predicted molar refractivity (Wildman–Crippen MR) is 116 cm³/mol. The lowest BCUT2D eigenvalue weighted by atomic mass is 10.1. The molecule has 2 aromatic carbocycles. The topological polar surface area (TPSA) is 63.7 Å². The van der Waals surface area contributed by atoms with Crippen LogP contribution in [0, 0.1) is 5.82 Å². The van der Waals surface area contributed by atoms with Crippen molar-refractivity contribution in [3.05, 3.63) is 47.8 Å². The number of hydrogen-bond acceptors (Lipinski definition) is 6. The summed E-state index contributed by atoms with van der Waals surface area (Å²) in [6.07, 6.45) is 2.81. The predicted octanol–water partition coefficient (Wildman–Crippen LogP) is 4.56. The van der Waals surface area contributed by atoms with Crippen molar-refractivity contribution >= 4 is 32.6 Å². The normalized spacial score (nSPS) is 18.4. The van der Waals surface area contributed by atoms with Crippen LogP contribution in [0.4, 0.5) is 9.52 Å². The Morgan fingerprint density at radius 2 is 1.93 bits per heavy atom. The van der Waals surface area contributed by atoms with Crippen molar-refractivity contribution in [2.75, 3.05) is 26.6 Å². The molecule has 8 heteroatoms. The van der Waals surface area contributed by atoms with Gasteiger partial charge in [0.15, 0.2) is 5.13 Å². The number of nitrogens with one attached hydrogen (secondary N) is 1. The first kappa shape index (κ1) is 20.4. The molecule has 0 bridgehead atoms. The van der Waals surface area contributed by atoms with Crippen LogP contribution < -0.4 is 14.8 Å². The first-order chi connectivity index (χ1) is 14.5. The van der Waals surface area contributed by atoms with E-state index < -0.39 is 0 Å². The van der Waals surface area contributed by atoms with Crippen LogP contribution in [0.2, 0.25) is 0 Å². The summed E-state index contributed by atoms with van der Waals surface area (Å²) in [7, 11) is 4.90. The molecule has 4 rings (SSSR count). The van der Waals surface area contributed by atoms with E-state index in [2.05, 4.69) is 10.3 Å². The maximum atomic E-state index is 13.5. The number of thiazole rings is 1. The highest BCUT2D eigenvalue weighted by Crippen LogP contribution is 2.34. The zero-order chi connectivity index (χ0) is 21.3. The van der Waals surface area contributed by atoms with Crippen LogP contribution in [-0.4, -0.2) is 49.1 Å². The van der Waals surface area contributed by atoms with Crippen molar-refractivity contribution in [2.45, 2.75) is 31.3 Å². The second-order valence-electron chi connectivity index (χ2n) is 7.33. The number of halogens is 1. The van der Waals surface area contributed by atoms with Crippen LogP contribution in [0.5, 0.6) is 11.5 Å². The van der Waals surface area contributed by atoms with E-state index in [1.165, 1.54) is 23.5 Å². The second-order valence-corrected chi connectivity index (χ2v) is 8.36. The molecule has 3 aromatic rings. The third-order valence-corrected chi connectivity index (χ3v) is 6.55. The van der Waals surface area contributed by atoms with E-state index >= 15 is 0 Å². The van der Waals surface area contributed by atoms with E-state index in [0.717, 1.165) is 34.6 Å². The number of aromatic nitrogens is 1. The summed E-state index contributed by atoms with van der Waals surface area (Å²) in [4.78, 5) is 19.7. The average Bonchev–Trinajstić information content (AvgIpc) is 3.38. The van der Waals surface area contributed by atoms with Gasteiger partial charge in [0.2, 0.25) is 0 Å². The molecule has 0 radical (unpaired) electrons. The molecular formula is C22H24FN3O3S. The smallest absolute Gasteiger partial charge is 0.261 e. The molecule has 1 amide bonds. The van der Waals surface area contributed by atoms with Gasteiger partial charge in [-0.2, -0.15) is 0 Å². The van der Waals surface area contributed by atoms with Crippen LogP contribution in [-0.2, 0) is 0 Å². The van der Waals surface area contributed by atoms with Gasteiger partial charge >= 0.3 is 0 Å². The Balaban J connectivity index is 1.56. The SMILES string of the molecule is COc1cccc(OC)c1C(=O)N(C)[C@@H]1CCC[C@H]1Nc1nc2ccc(F)cc2s1. The summed E-state index contributed by atoms with van der Waals surface area (Å²) in [6.45, 7) is 0. The van der Waals surface area contributed by atoms with Gasteiger partial charge in [-0.1, -0.05) is 17.4 Å². The Labute approximate surface area is 178 Å². The van der Waals surface area contributed by atoms with Crippen molar-refractivity contribution in [3.63, 3.8) is 0 Å². The Kier molecular flexibility index (Phi) is 5.76. The quantitative estimate of drug-likeness (QED) is 0.622. The number of hydrogen-bond donors (Lipinski definition) is 1. The average molecular weight is 430 g/mol. The van der Waals surface area contributed by atoms with Gasteiger partial charge in [-0.15, -0.1) is 0 Å². The minimum Gasteiger partial charge on any atom is -0.496 e. The van der Waals surface area contributed by atoms with Crippen molar-refractivity contribution in [2.24, 2.45) is 0 Å². The van der Waals surface area contributed by atoms with Gasteiger partial charge in [0.05, 0.1) is 30.5 Å². The molecule has 0 saturated heterocycles. The van der Waals surface area contributed by atoms with Crippen LogP contribution >= 0.6 is 11.3 Å². The maximum Gasteiger partial charge on any atom is 0.261 e. The first-order valence-electron chi connectivity index (χ1n) is 9.82. The Morgan fingerprint density at radius 3 is 2.63 bits per heavy atom. The number of anilines is 1. The fourth-order valence-corrected chi connectivity index (χ4v) is 5.03. The molecular weight excluding hydrogens is 405 g/mol. The summed E-state index contributed by atoms with van der Waals surface area (Å²) < 4.78 is 25.1. The zero-order valence-electron chi connectivity index (χ0n) is 17.1. The number of nitrogens with zero attached hydrogens (tertiary/aromatic N) is 2. The summed E-state index contributed by atoms with van der Waals surface area (Å²) >= 11 is 1.42. The number of benzene rings is 2. The zero-order valence-corrected chi connectivity index (χ0v) is 18.0. The van der Waals surface area contributed by atoms with Crippen LogP contribution in [0.3, 0.4) is 0 Å². The molecule has 1 saturated carbocycles. The number of fused-ring (bicyclic) bond motifs is 1. The lowest BCUT2D eigenvalue weighted by Crippen LogP contribution is -2.44. The van der Waals surface area contributed by atoms with Crippen LogP contribution in [0.15, 0.2) is 36.4 Å². The van der Waals surface area contributed by atoms with Crippen molar-refractivity contribution in [1.82, 2.24) is 9.88 Å². The molecule has 158 valence electrons. The van der Waals surface area contributed by atoms with E-state index in [4.69, 9.17) is 9.47 Å². The minimum absolute atomic E-state index is 0.00383. The van der Waals surface area contributed by atoms with Gasteiger partial charge in [-0.3, -0.25) is 4.79 Å². The van der Waals surface area contributed by atoms with Gasteiger partial charge in [0.1, 0.15) is 22.9 Å². The van der Waals surface area contributed by atoms with Gasteiger partial charge in [-0.05, 0) is 49.6 Å². The Morgan fingerprint density at radius 1 is 1.20 bits per heavy atom. The van der Waals surface area contributed by atoms with Crippen molar-refractivity contribution in [1.29, 1.82) is 0 Å². The van der Waals surface area contributed by atoms with Gasteiger partial charge in [-0.25, -0.2) is 9.37 Å². The molecule has 0 aliphatic heterocycles. The molecule has 1 heterocycles. The summed E-state index contributed by atoms with van der Waals surface area (Å²) in [5.74, 6) is 0.561. The number of likely N-dealkylation sites (N-methyl/N-ethyl adjacent to an activating group) is 1. The van der Waals surface area contributed by atoms with Crippen LogP contribution in [0.25, 0.3) is 10.2 Å². The fourth-order valence-electron chi connectivity index (χ4n) is 4.08. The van der Waals surface area contributed by atoms with Gasteiger partial charge in [0, 0.05) is 13.1 Å². The van der Waals surface area contributed by atoms with E-state index in [1.807, 2.05) is 7.05 Å². The highest BCUT2D eigenvalue weighted by atomic mass is 32.1. The molecule has 1 N–H and O–H groups in total. The monoisotopic (exact) mass is 429 g/mol. The number of carbonyl (C=O) groups excluding carboxylic acids is 1. The molecule has 1 aromatic heterocycles. The van der Waals surface area contributed by atoms with Gasteiger partial charge in [0.25, 0.3) is 5.91 Å². The van der Waals surface area contributed by atoms with E-state index in [1.54, 1.807) is 43.4 Å². The van der Waals surface area contributed by atoms with Crippen molar-refractivity contribution in [3.8, 4) is 11.5 Å². The van der Waals surface area contributed by atoms with Crippen molar-refractivity contribution < 1.29 is 18.7 Å². The largest absolute Gasteiger partial charge is 0.496 e. The number of methoxy groups -OCH3 is 2. The van der Waals surface area contributed by atoms with Gasteiger partial charge < -0.3 is 19.7 Å². The lowest BCUT2D eigenvalue weighted by Gasteiger charge is -2.31. The molecule has 0 spiro atoms. The fraction of sp³-hybridized carbons (Fsp3) is 0.364. The Bertz CT molecular complexity index is 1050. The highest BCUT2D eigenvalue weighted by molar-refractivity contribution is 7.22. The highest BCUT2D eigenvalue weighted by Gasteiger charge is 2.35. The third kappa shape index (κ3) is 3.79. The second kappa shape index (κ2) is 8.47. The first-order valence-corrected chi connectivity index (χ1v) is 10.6. The maximum absolute atomic E-state index is 13.5. The molecule has 1 aliphatic rings. The number of rotatable bonds is 6. The molecule has 6 nitrogen and oxygen atoms in total. The summed E-state index contributed by atoms with van der Waals surface area (Å²) in [5, 5.41) is 4.21. The van der Waals surface area contributed by atoms with E-state index in [9.17, 15) is 9.18 Å². The molecule has 2 atom stereocenters. The summed E-state index contributed by atoms with van der Waals surface area (Å²) in [5.41, 5.74) is 1.19. The number of ether oxygens (including phenoxy) is 2. The molecule has 30 heavy (non-hydrogen) atoms. The minimum atomic E-state index is -0.271. The molecule has 1 aliphatic carbocycles. The molecule has 0 unspecified atom stereocenters. The standard InChI is InChI=1S/C22H24FN3O3S/c1-26(21(27)20-17(28-2)8-5-9-18(20)29-3)16-7-4-6-14(16)24-22-25-15-11-10-13(23)12-19(15)30-22/h5,8-12,14,16H,4,6-7H2,1-3H3,(H,24,25)/t14-,16-/m1/s1. The Hall–Kier alpha value is -2.87. The van der Waals surface area contributed by atoms with E-state index in [0.29, 0.717) is 17.1 Å². The number of amides is 1. The summed E-state index contributed by atoms with van der Waals surface area (Å²) in [6, 6.07) is 9.96.